The molecule has 0 aliphatic carbocycles. The monoisotopic (exact) mass is 282 g/mol. The summed E-state index contributed by atoms with van der Waals surface area (Å²) in [5.41, 5.74) is 3.84. The van der Waals surface area contributed by atoms with E-state index >= 15 is 0 Å². The second-order valence-electron chi connectivity index (χ2n) is 7.48. The van der Waals surface area contributed by atoms with Crippen molar-refractivity contribution in [3.05, 3.63) is 65.2 Å². The molecule has 0 aliphatic heterocycles. The Morgan fingerprint density at radius 2 is 1.29 bits per heavy atom. The van der Waals surface area contributed by atoms with Gasteiger partial charge in [0.25, 0.3) is 0 Å². The molecule has 21 heavy (non-hydrogen) atoms. The molecule has 0 aromatic heterocycles. The van der Waals surface area contributed by atoms with Crippen molar-refractivity contribution in [1.29, 1.82) is 0 Å². The highest BCUT2D eigenvalue weighted by Crippen LogP contribution is 2.37. The molecule has 1 nitrogen and oxygen atoms in total. The van der Waals surface area contributed by atoms with Gasteiger partial charge in [0, 0.05) is 0 Å². The van der Waals surface area contributed by atoms with E-state index in [0.29, 0.717) is 5.75 Å². The van der Waals surface area contributed by atoms with Gasteiger partial charge in [0.2, 0.25) is 0 Å². The topological polar surface area (TPSA) is 20.2 Å². The van der Waals surface area contributed by atoms with Crippen LogP contribution in [0.2, 0.25) is 0 Å². The lowest BCUT2D eigenvalue weighted by Crippen LogP contribution is -2.26. The van der Waals surface area contributed by atoms with Crippen molar-refractivity contribution in [2.45, 2.75) is 51.9 Å². The average Bonchev–Trinajstić information content (AvgIpc) is 2.40. The summed E-state index contributed by atoms with van der Waals surface area (Å²) in [5, 5.41) is 10.0. The standard InChI is InChI=1S/C20H26O/c1-19(2,3)16-11-7-8-12-17(16)20(4,5)14-15-10-6-9-13-18(15)21/h6-13,21H,14H2,1-5H3. The molecule has 1 N–H and O–H groups in total. The number of para-hydroxylation sites is 1. The third kappa shape index (κ3) is 3.47. The predicted octanol–water partition coefficient (Wildman–Crippen LogP) is 5.21. The average molecular weight is 282 g/mol. The predicted molar refractivity (Wildman–Crippen MR) is 90.0 cm³/mol. The smallest absolute Gasteiger partial charge is 0.118 e. The first kappa shape index (κ1) is 15.6. The Bertz CT molecular complexity index is 618. The van der Waals surface area contributed by atoms with E-state index in [2.05, 4.69) is 58.9 Å². The van der Waals surface area contributed by atoms with Gasteiger partial charge >= 0.3 is 0 Å². The summed E-state index contributed by atoms with van der Waals surface area (Å²) in [6.07, 6.45) is 0.826. The fourth-order valence-corrected chi connectivity index (χ4v) is 2.96. The first-order valence-corrected chi connectivity index (χ1v) is 7.59. The first-order chi connectivity index (χ1) is 9.72. The van der Waals surface area contributed by atoms with Crippen molar-refractivity contribution < 1.29 is 5.11 Å². The van der Waals surface area contributed by atoms with Gasteiger partial charge in [0.05, 0.1) is 0 Å². The summed E-state index contributed by atoms with van der Waals surface area (Å²) in [6.45, 7) is 11.3. The summed E-state index contributed by atoms with van der Waals surface area (Å²) in [4.78, 5) is 0. The summed E-state index contributed by atoms with van der Waals surface area (Å²) in [5.74, 6) is 0.388. The number of aromatic hydroxyl groups is 1. The van der Waals surface area contributed by atoms with Crippen LogP contribution < -0.4 is 0 Å². The van der Waals surface area contributed by atoms with Crippen LogP contribution in [0.25, 0.3) is 0 Å². The Morgan fingerprint density at radius 3 is 1.86 bits per heavy atom. The van der Waals surface area contributed by atoms with Gasteiger partial charge in [-0.15, -0.1) is 0 Å². The van der Waals surface area contributed by atoms with Crippen LogP contribution in [-0.2, 0) is 17.3 Å². The van der Waals surface area contributed by atoms with Gasteiger partial charge in [-0.25, -0.2) is 0 Å². The van der Waals surface area contributed by atoms with E-state index in [-0.39, 0.29) is 10.8 Å². The maximum Gasteiger partial charge on any atom is 0.118 e. The molecule has 0 amide bonds. The van der Waals surface area contributed by atoms with E-state index in [4.69, 9.17) is 0 Å². The van der Waals surface area contributed by atoms with Crippen LogP contribution in [0.1, 0.15) is 51.3 Å². The molecule has 0 saturated heterocycles. The second kappa shape index (κ2) is 5.55. The minimum absolute atomic E-state index is 0.0251. The largest absolute Gasteiger partial charge is 0.508 e. The van der Waals surface area contributed by atoms with Crippen molar-refractivity contribution >= 4 is 0 Å². The van der Waals surface area contributed by atoms with E-state index in [1.54, 1.807) is 6.07 Å². The van der Waals surface area contributed by atoms with E-state index in [0.717, 1.165) is 12.0 Å². The minimum Gasteiger partial charge on any atom is -0.508 e. The number of hydrogen-bond donors (Lipinski definition) is 1. The van der Waals surface area contributed by atoms with Crippen LogP contribution in [0, 0.1) is 0 Å². The maximum absolute atomic E-state index is 10.0. The van der Waals surface area contributed by atoms with Crippen molar-refractivity contribution in [2.24, 2.45) is 0 Å². The molecule has 2 aromatic rings. The van der Waals surface area contributed by atoms with E-state index < -0.39 is 0 Å². The van der Waals surface area contributed by atoms with Crippen LogP contribution in [-0.4, -0.2) is 5.11 Å². The molecule has 0 spiro atoms. The number of benzene rings is 2. The molecule has 112 valence electrons. The molecule has 2 aromatic carbocycles. The number of phenols is 1. The molecule has 0 fully saturated rings. The van der Waals surface area contributed by atoms with Gasteiger partial charge in [-0.1, -0.05) is 77.1 Å². The van der Waals surface area contributed by atoms with Crippen molar-refractivity contribution in [3.8, 4) is 5.75 Å². The van der Waals surface area contributed by atoms with E-state index in [1.807, 2.05) is 18.2 Å². The number of phenolic OH excluding ortho intramolecular Hbond substituents is 1. The molecule has 0 unspecified atom stereocenters. The first-order valence-electron chi connectivity index (χ1n) is 7.59. The normalized spacial score (nSPS) is 12.4. The molecule has 0 radical (unpaired) electrons. The molecular weight excluding hydrogens is 256 g/mol. The summed E-state index contributed by atoms with van der Waals surface area (Å²) >= 11 is 0. The fourth-order valence-electron chi connectivity index (χ4n) is 2.96. The van der Waals surface area contributed by atoms with Gasteiger partial charge in [-0.2, -0.15) is 0 Å². The van der Waals surface area contributed by atoms with E-state index in [1.165, 1.54) is 11.1 Å². The lowest BCUT2D eigenvalue weighted by Gasteiger charge is -2.33. The molecule has 0 atom stereocenters. The van der Waals surface area contributed by atoms with Crippen LogP contribution in [0.15, 0.2) is 48.5 Å². The van der Waals surface area contributed by atoms with Crippen molar-refractivity contribution in [2.75, 3.05) is 0 Å². The quantitative estimate of drug-likeness (QED) is 0.819. The highest BCUT2D eigenvalue weighted by Gasteiger charge is 2.28. The molecule has 1 heteroatoms. The zero-order chi connectivity index (χ0) is 15.7. The van der Waals surface area contributed by atoms with Crippen LogP contribution in [0.5, 0.6) is 5.75 Å². The van der Waals surface area contributed by atoms with Gasteiger partial charge in [-0.3, -0.25) is 0 Å². The molecule has 0 bridgehead atoms. The summed E-state index contributed by atoms with van der Waals surface area (Å²) < 4.78 is 0. The molecule has 2 rings (SSSR count). The zero-order valence-corrected chi connectivity index (χ0v) is 13.8. The van der Waals surface area contributed by atoms with E-state index in [9.17, 15) is 5.11 Å². The van der Waals surface area contributed by atoms with Gasteiger partial charge in [-0.05, 0) is 40.0 Å². The van der Waals surface area contributed by atoms with Gasteiger partial charge in [0.1, 0.15) is 5.75 Å². The fraction of sp³-hybridized carbons (Fsp3) is 0.400. The number of hydrogen-bond acceptors (Lipinski definition) is 1. The summed E-state index contributed by atoms with van der Waals surface area (Å²) in [7, 11) is 0. The summed E-state index contributed by atoms with van der Waals surface area (Å²) in [6, 6.07) is 16.3. The Balaban J connectivity index is 2.43. The minimum atomic E-state index is -0.0251. The Hall–Kier alpha value is -1.76. The third-order valence-electron chi connectivity index (χ3n) is 4.09. The third-order valence-corrected chi connectivity index (χ3v) is 4.09. The van der Waals surface area contributed by atoms with Gasteiger partial charge < -0.3 is 5.11 Å². The SMILES string of the molecule is CC(C)(C)c1ccccc1C(C)(C)Cc1ccccc1O. The van der Waals surface area contributed by atoms with Gasteiger partial charge in [0.15, 0.2) is 0 Å². The highest BCUT2D eigenvalue weighted by atomic mass is 16.3. The lowest BCUT2D eigenvalue weighted by atomic mass is 9.72. The molecule has 0 aliphatic rings. The van der Waals surface area contributed by atoms with Crippen molar-refractivity contribution in [1.82, 2.24) is 0 Å². The van der Waals surface area contributed by atoms with Crippen LogP contribution >= 0.6 is 0 Å². The Labute approximate surface area is 128 Å². The second-order valence-corrected chi connectivity index (χ2v) is 7.48. The molecule has 0 saturated carbocycles. The van der Waals surface area contributed by atoms with Crippen LogP contribution in [0.4, 0.5) is 0 Å². The Kier molecular flexibility index (Phi) is 4.13. The molecule has 0 heterocycles. The van der Waals surface area contributed by atoms with Crippen molar-refractivity contribution in [3.63, 3.8) is 0 Å². The maximum atomic E-state index is 10.0. The Morgan fingerprint density at radius 1 is 0.762 bits per heavy atom. The lowest BCUT2D eigenvalue weighted by molar-refractivity contribution is 0.445. The number of rotatable bonds is 3. The highest BCUT2D eigenvalue weighted by molar-refractivity contribution is 5.41. The molecular formula is C20H26O. The zero-order valence-electron chi connectivity index (χ0n) is 13.8. The van der Waals surface area contributed by atoms with Crippen LogP contribution in [0.3, 0.4) is 0 Å².